The van der Waals surface area contributed by atoms with Crippen LogP contribution >= 0.6 is 0 Å². The number of carbonyl (C=O) groups is 1. The van der Waals surface area contributed by atoms with Gasteiger partial charge in [-0.2, -0.15) is 0 Å². The molecule has 0 aromatic carbocycles. The van der Waals surface area contributed by atoms with Crippen molar-refractivity contribution in [1.29, 1.82) is 0 Å². The molecule has 100 valence electrons. The molecule has 0 spiro atoms. The zero-order chi connectivity index (χ0) is 13.1. The molecule has 1 aliphatic heterocycles. The number of aromatic nitrogens is 2. The van der Waals surface area contributed by atoms with E-state index in [4.69, 9.17) is 5.73 Å². The standard InChI is InChI=1S/C13H22N4O/c1-3-7-16-9-15-8-11(16)13-10(14)5-6-12(18)17(13)4-2/h8-10,13H,3-7,14H2,1-2H3. The van der Waals surface area contributed by atoms with Gasteiger partial charge in [0.2, 0.25) is 5.91 Å². The Kier molecular flexibility index (Phi) is 4.01. The summed E-state index contributed by atoms with van der Waals surface area (Å²) in [6.07, 6.45) is 6.05. The lowest BCUT2D eigenvalue weighted by Gasteiger charge is -2.39. The number of hydrogen-bond donors (Lipinski definition) is 1. The molecule has 1 saturated heterocycles. The molecule has 1 aromatic rings. The van der Waals surface area contributed by atoms with Gasteiger partial charge >= 0.3 is 0 Å². The average Bonchev–Trinajstić information content (AvgIpc) is 2.80. The lowest BCUT2D eigenvalue weighted by atomic mass is 9.94. The van der Waals surface area contributed by atoms with Crippen LogP contribution in [0.4, 0.5) is 0 Å². The van der Waals surface area contributed by atoms with Gasteiger partial charge in [0.25, 0.3) is 0 Å². The topological polar surface area (TPSA) is 64.2 Å². The molecule has 2 atom stereocenters. The third-order valence-electron chi connectivity index (χ3n) is 3.61. The van der Waals surface area contributed by atoms with Gasteiger partial charge in [-0.25, -0.2) is 4.98 Å². The Balaban J connectivity index is 2.32. The highest BCUT2D eigenvalue weighted by molar-refractivity contribution is 5.77. The van der Waals surface area contributed by atoms with Crippen molar-refractivity contribution < 1.29 is 4.79 Å². The highest BCUT2D eigenvalue weighted by Crippen LogP contribution is 2.30. The first-order chi connectivity index (χ1) is 8.69. The van der Waals surface area contributed by atoms with E-state index in [0.717, 1.165) is 25.1 Å². The summed E-state index contributed by atoms with van der Waals surface area (Å²) in [6.45, 7) is 5.76. The van der Waals surface area contributed by atoms with Crippen LogP contribution in [0.2, 0.25) is 0 Å². The number of carbonyl (C=O) groups excluding carboxylic acids is 1. The first-order valence-electron chi connectivity index (χ1n) is 6.74. The van der Waals surface area contributed by atoms with Crippen LogP contribution in [0.1, 0.15) is 44.8 Å². The van der Waals surface area contributed by atoms with Gasteiger partial charge in [-0.1, -0.05) is 6.92 Å². The maximum Gasteiger partial charge on any atom is 0.223 e. The van der Waals surface area contributed by atoms with Crippen LogP contribution in [-0.4, -0.2) is 32.9 Å². The average molecular weight is 250 g/mol. The van der Waals surface area contributed by atoms with Crippen LogP contribution in [-0.2, 0) is 11.3 Å². The summed E-state index contributed by atoms with van der Waals surface area (Å²) in [7, 11) is 0. The molecule has 2 unspecified atom stereocenters. The Morgan fingerprint density at radius 1 is 1.50 bits per heavy atom. The molecule has 0 aliphatic carbocycles. The number of piperidine rings is 1. The first kappa shape index (κ1) is 13.1. The molecular weight excluding hydrogens is 228 g/mol. The van der Waals surface area contributed by atoms with Crippen molar-refractivity contribution in [1.82, 2.24) is 14.5 Å². The molecule has 0 radical (unpaired) electrons. The van der Waals surface area contributed by atoms with Gasteiger partial charge in [-0.05, 0) is 19.8 Å². The summed E-state index contributed by atoms with van der Waals surface area (Å²) < 4.78 is 2.12. The Morgan fingerprint density at radius 3 is 2.94 bits per heavy atom. The van der Waals surface area contributed by atoms with Crippen molar-refractivity contribution in [3.05, 3.63) is 18.2 Å². The summed E-state index contributed by atoms with van der Waals surface area (Å²) in [4.78, 5) is 18.1. The molecule has 0 bridgehead atoms. The minimum absolute atomic E-state index is 0.00922. The van der Waals surface area contributed by atoms with Crippen molar-refractivity contribution >= 4 is 5.91 Å². The van der Waals surface area contributed by atoms with E-state index in [2.05, 4.69) is 16.5 Å². The van der Waals surface area contributed by atoms with Crippen LogP contribution in [0.15, 0.2) is 12.5 Å². The summed E-state index contributed by atoms with van der Waals surface area (Å²) in [5, 5.41) is 0. The second kappa shape index (κ2) is 5.52. The number of nitrogens with two attached hydrogens (primary N) is 1. The van der Waals surface area contributed by atoms with Gasteiger partial charge in [0.1, 0.15) is 0 Å². The molecule has 2 heterocycles. The molecule has 1 fully saturated rings. The molecule has 5 nitrogen and oxygen atoms in total. The van der Waals surface area contributed by atoms with Crippen LogP contribution in [0.3, 0.4) is 0 Å². The number of hydrogen-bond acceptors (Lipinski definition) is 3. The van der Waals surface area contributed by atoms with Crippen LogP contribution in [0.25, 0.3) is 0 Å². The number of amides is 1. The van der Waals surface area contributed by atoms with Crippen LogP contribution in [0, 0.1) is 0 Å². The van der Waals surface area contributed by atoms with E-state index in [0.29, 0.717) is 13.0 Å². The third kappa shape index (κ3) is 2.27. The molecule has 1 amide bonds. The zero-order valence-electron chi connectivity index (χ0n) is 11.2. The van der Waals surface area contributed by atoms with E-state index in [-0.39, 0.29) is 18.0 Å². The minimum Gasteiger partial charge on any atom is -0.333 e. The fourth-order valence-electron chi connectivity index (χ4n) is 2.73. The fourth-order valence-corrected chi connectivity index (χ4v) is 2.73. The van der Waals surface area contributed by atoms with Gasteiger partial charge in [-0.15, -0.1) is 0 Å². The van der Waals surface area contributed by atoms with E-state index in [1.54, 1.807) is 0 Å². The van der Waals surface area contributed by atoms with E-state index in [1.807, 2.05) is 24.3 Å². The maximum atomic E-state index is 12.0. The van der Waals surface area contributed by atoms with E-state index < -0.39 is 0 Å². The largest absolute Gasteiger partial charge is 0.333 e. The highest BCUT2D eigenvalue weighted by Gasteiger charge is 2.35. The number of likely N-dealkylation sites (N-methyl/N-ethyl adjacent to an activating group) is 1. The van der Waals surface area contributed by atoms with Gasteiger partial charge in [-0.3, -0.25) is 4.79 Å². The summed E-state index contributed by atoms with van der Waals surface area (Å²) >= 11 is 0. The first-order valence-corrected chi connectivity index (χ1v) is 6.74. The van der Waals surface area contributed by atoms with Gasteiger partial charge in [0.05, 0.1) is 24.3 Å². The Hall–Kier alpha value is -1.36. The highest BCUT2D eigenvalue weighted by atomic mass is 16.2. The quantitative estimate of drug-likeness (QED) is 0.876. The van der Waals surface area contributed by atoms with E-state index in [1.165, 1.54) is 0 Å². The SMILES string of the molecule is CCCn1cncc1C1C(N)CCC(=O)N1CC. The van der Waals surface area contributed by atoms with Gasteiger partial charge in [0, 0.05) is 25.6 Å². The fraction of sp³-hybridized carbons (Fsp3) is 0.692. The molecule has 18 heavy (non-hydrogen) atoms. The number of nitrogens with zero attached hydrogens (tertiary/aromatic N) is 3. The number of rotatable bonds is 4. The molecule has 0 saturated carbocycles. The summed E-state index contributed by atoms with van der Waals surface area (Å²) in [6, 6.07) is -0.0137. The second-order valence-corrected chi connectivity index (χ2v) is 4.84. The Morgan fingerprint density at radius 2 is 2.28 bits per heavy atom. The molecule has 1 aliphatic rings. The molecule has 2 N–H and O–H groups in total. The Labute approximate surface area is 108 Å². The predicted octanol–water partition coefficient (Wildman–Crippen LogP) is 1.30. The summed E-state index contributed by atoms with van der Waals surface area (Å²) in [5.41, 5.74) is 7.30. The van der Waals surface area contributed by atoms with Gasteiger partial charge in [0.15, 0.2) is 0 Å². The zero-order valence-corrected chi connectivity index (χ0v) is 11.2. The van der Waals surface area contributed by atoms with E-state index in [9.17, 15) is 4.79 Å². The van der Waals surface area contributed by atoms with Crippen molar-refractivity contribution in [3.8, 4) is 0 Å². The second-order valence-electron chi connectivity index (χ2n) is 4.84. The lowest BCUT2D eigenvalue weighted by molar-refractivity contribution is -0.137. The normalized spacial score (nSPS) is 24.6. The monoisotopic (exact) mass is 250 g/mol. The lowest BCUT2D eigenvalue weighted by Crippen LogP contribution is -2.49. The molecule has 2 rings (SSSR count). The predicted molar refractivity (Wildman–Crippen MR) is 69.9 cm³/mol. The Bertz CT molecular complexity index is 415. The smallest absolute Gasteiger partial charge is 0.223 e. The van der Waals surface area contributed by atoms with Crippen LogP contribution < -0.4 is 5.73 Å². The van der Waals surface area contributed by atoms with Crippen molar-refractivity contribution in [3.63, 3.8) is 0 Å². The van der Waals surface area contributed by atoms with E-state index >= 15 is 0 Å². The van der Waals surface area contributed by atoms with Crippen molar-refractivity contribution in [2.24, 2.45) is 5.73 Å². The van der Waals surface area contributed by atoms with Crippen molar-refractivity contribution in [2.45, 2.75) is 51.7 Å². The molecular formula is C13H22N4O. The maximum absolute atomic E-state index is 12.0. The third-order valence-corrected chi connectivity index (χ3v) is 3.61. The van der Waals surface area contributed by atoms with Gasteiger partial charge < -0.3 is 15.2 Å². The minimum atomic E-state index is -0.0229. The number of aryl methyl sites for hydroxylation is 1. The van der Waals surface area contributed by atoms with Crippen molar-refractivity contribution in [2.75, 3.05) is 6.54 Å². The number of likely N-dealkylation sites (tertiary alicyclic amines) is 1. The molecule has 1 aromatic heterocycles. The molecule has 5 heteroatoms. The van der Waals surface area contributed by atoms with Crippen LogP contribution in [0.5, 0.6) is 0 Å². The number of imidazole rings is 1. The summed E-state index contributed by atoms with van der Waals surface area (Å²) in [5.74, 6) is 0.202.